The van der Waals surface area contributed by atoms with Crippen LogP contribution in [0.5, 0.6) is 0 Å². The molecule has 0 heterocycles. The Morgan fingerprint density at radius 3 is 2.39 bits per heavy atom. The summed E-state index contributed by atoms with van der Waals surface area (Å²) in [4.78, 5) is 0. The first-order valence-electron chi connectivity index (χ1n) is 6.29. The lowest BCUT2D eigenvalue weighted by Crippen LogP contribution is -2.22. The highest BCUT2D eigenvalue weighted by Gasteiger charge is 2.08. The van der Waals surface area contributed by atoms with E-state index in [4.69, 9.17) is 0 Å². The predicted octanol–water partition coefficient (Wildman–Crippen LogP) is 3.72. The molecule has 2 aromatic rings. The van der Waals surface area contributed by atoms with Crippen molar-refractivity contribution in [3.8, 4) is 0 Å². The van der Waals surface area contributed by atoms with E-state index in [0.717, 1.165) is 18.5 Å². The van der Waals surface area contributed by atoms with Crippen LogP contribution in [0.4, 0.5) is 4.39 Å². The van der Waals surface area contributed by atoms with Crippen molar-refractivity contribution >= 4 is 0 Å². The fourth-order valence-electron chi connectivity index (χ4n) is 2.01. The molecule has 1 unspecified atom stereocenters. The Morgan fingerprint density at radius 1 is 1.00 bits per heavy atom. The molecule has 0 saturated carbocycles. The summed E-state index contributed by atoms with van der Waals surface area (Å²) in [5.41, 5.74) is 2.02. The van der Waals surface area contributed by atoms with Crippen LogP contribution in [-0.4, -0.2) is 6.54 Å². The van der Waals surface area contributed by atoms with E-state index >= 15 is 0 Å². The highest BCUT2D eigenvalue weighted by molar-refractivity contribution is 5.20. The van der Waals surface area contributed by atoms with Crippen LogP contribution in [0.3, 0.4) is 0 Å². The molecule has 0 bridgehead atoms. The maximum Gasteiger partial charge on any atom is 0.127 e. The molecule has 0 saturated heterocycles. The van der Waals surface area contributed by atoms with Crippen LogP contribution in [0.15, 0.2) is 54.6 Å². The first-order chi connectivity index (χ1) is 8.77. The summed E-state index contributed by atoms with van der Waals surface area (Å²) in [7, 11) is 0. The van der Waals surface area contributed by atoms with Gasteiger partial charge in [0, 0.05) is 11.6 Å². The molecule has 0 spiro atoms. The molecule has 0 fully saturated rings. The van der Waals surface area contributed by atoms with Crippen molar-refractivity contribution in [1.29, 1.82) is 0 Å². The molecule has 0 aliphatic rings. The summed E-state index contributed by atoms with van der Waals surface area (Å²) in [5.74, 6) is -0.141. The highest BCUT2D eigenvalue weighted by Crippen LogP contribution is 2.15. The lowest BCUT2D eigenvalue weighted by atomic mass is 10.1. The summed E-state index contributed by atoms with van der Waals surface area (Å²) in [6, 6.07) is 17.3. The van der Waals surface area contributed by atoms with Gasteiger partial charge in [-0.15, -0.1) is 0 Å². The van der Waals surface area contributed by atoms with Gasteiger partial charge in [0.15, 0.2) is 0 Å². The molecule has 1 N–H and O–H groups in total. The molecular formula is C16H18FN. The smallest absolute Gasteiger partial charge is 0.127 e. The molecule has 2 heteroatoms. The van der Waals surface area contributed by atoms with Gasteiger partial charge < -0.3 is 5.32 Å². The highest BCUT2D eigenvalue weighted by atomic mass is 19.1. The maximum atomic E-state index is 13.6. The van der Waals surface area contributed by atoms with Gasteiger partial charge in [-0.2, -0.15) is 0 Å². The molecule has 0 radical (unpaired) electrons. The van der Waals surface area contributed by atoms with Gasteiger partial charge in [-0.05, 0) is 31.5 Å². The van der Waals surface area contributed by atoms with Crippen LogP contribution in [0.2, 0.25) is 0 Å². The minimum atomic E-state index is -0.141. The van der Waals surface area contributed by atoms with Crippen LogP contribution in [0.1, 0.15) is 24.1 Å². The van der Waals surface area contributed by atoms with Crippen molar-refractivity contribution in [2.45, 2.75) is 19.4 Å². The van der Waals surface area contributed by atoms with Crippen molar-refractivity contribution < 1.29 is 4.39 Å². The van der Waals surface area contributed by atoms with E-state index in [1.54, 1.807) is 6.07 Å². The molecule has 0 aliphatic carbocycles. The van der Waals surface area contributed by atoms with Crippen molar-refractivity contribution in [2.24, 2.45) is 0 Å². The van der Waals surface area contributed by atoms with E-state index in [0.29, 0.717) is 0 Å². The van der Waals surface area contributed by atoms with Gasteiger partial charge in [-0.3, -0.25) is 0 Å². The Bertz CT molecular complexity index is 481. The Morgan fingerprint density at radius 2 is 1.67 bits per heavy atom. The normalized spacial score (nSPS) is 12.3. The van der Waals surface area contributed by atoms with Gasteiger partial charge in [0.1, 0.15) is 5.82 Å². The first kappa shape index (κ1) is 12.8. The van der Waals surface area contributed by atoms with Crippen LogP contribution in [0.25, 0.3) is 0 Å². The van der Waals surface area contributed by atoms with Crippen molar-refractivity contribution in [2.75, 3.05) is 6.54 Å². The number of halogens is 1. The Balaban J connectivity index is 1.86. The number of nitrogens with one attached hydrogen (secondary N) is 1. The van der Waals surface area contributed by atoms with Crippen molar-refractivity contribution in [3.63, 3.8) is 0 Å². The summed E-state index contributed by atoms with van der Waals surface area (Å²) in [5, 5.41) is 3.35. The Hall–Kier alpha value is -1.67. The second-order valence-electron chi connectivity index (χ2n) is 4.43. The van der Waals surface area contributed by atoms with E-state index in [-0.39, 0.29) is 11.9 Å². The summed E-state index contributed by atoms with van der Waals surface area (Å²) in [6.07, 6.45) is 0.958. The van der Waals surface area contributed by atoms with E-state index in [9.17, 15) is 4.39 Å². The minimum absolute atomic E-state index is 0.0370. The largest absolute Gasteiger partial charge is 0.310 e. The fourth-order valence-corrected chi connectivity index (χ4v) is 2.01. The number of hydrogen-bond donors (Lipinski definition) is 1. The molecule has 1 nitrogen and oxygen atoms in total. The Kier molecular flexibility index (Phi) is 4.48. The van der Waals surface area contributed by atoms with Gasteiger partial charge in [-0.1, -0.05) is 48.5 Å². The fraction of sp³-hybridized carbons (Fsp3) is 0.250. The lowest BCUT2D eigenvalue weighted by molar-refractivity contribution is 0.531. The summed E-state index contributed by atoms with van der Waals surface area (Å²) in [6.45, 7) is 2.84. The average Bonchev–Trinajstić information content (AvgIpc) is 2.40. The van der Waals surface area contributed by atoms with Crippen LogP contribution in [0, 0.1) is 5.82 Å². The van der Waals surface area contributed by atoms with E-state index < -0.39 is 0 Å². The number of benzene rings is 2. The molecule has 0 amide bonds. The van der Waals surface area contributed by atoms with Crippen molar-refractivity contribution in [3.05, 3.63) is 71.5 Å². The molecule has 18 heavy (non-hydrogen) atoms. The van der Waals surface area contributed by atoms with E-state index in [2.05, 4.69) is 17.4 Å². The summed E-state index contributed by atoms with van der Waals surface area (Å²) >= 11 is 0. The van der Waals surface area contributed by atoms with Gasteiger partial charge in [0.25, 0.3) is 0 Å². The molecule has 0 aliphatic heterocycles. The third-order valence-corrected chi connectivity index (χ3v) is 3.08. The number of hydrogen-bond acceptors (Lipinski definition) is 1. The van der Waals surface area contributed by atoms with Gasteiger partial charge in [0.2, 0.25) is 0 Å². The zero-order valence-corrected chi connectivity index (χ0v) is 10.6. The van der Waals surface area contributed by atoms with Crippen LogP contribution < -0.4 is 5.32 Å². The van der Waals surface area contributed by atoms with Crippen LogP contribution >= 0.6 is 0 Å². The van der Waals surface area contributed by atoms with E-state index in [1.807, 2.05) is 37.3 Å². The average molecular weight is 243 g/mol. The van der Waals surface area contributed by atoms with Gasteiger partial charge in [0.05, 0.1) is 0 Å². The standard InChI is InChI=1S/C16H18FN/c1-13(15-9-5-6-10-16(15)17)18-12-11-14-7-3-2-4-8-14/h2-10,13,18H,11-12H2,1H3. The third kappa shape index (κ3) is 3.41. The molecule has 94 valence electrons. The Labute approximate surface area is 108 Å². The van der Waals surface area contributed by atoms with Gasteiger partial charge in [-0.25, -0.2) is 4.39 Å². The third-order valence-electron chi connectivity index (χ3n) is 3.08. The molecule has 2 rings (SSSR count). The molecular weight excluding hydrogens is 225 g/mol. The van der Waals surface area contributed by atoms with Crippen LogP contribution in [-0.2, 0) is 6.42 Å². The monoisotopic (exact) mass is 243 g/mol. The topological polar surface area (TPSA) is 12.0 Å². The second kappa shape index (κ2) is 6.31. The van der Waals surface area contributed by atoms with E-state index in [1.165, 1.54) is 11.6 Å². The second-order valence-corrected chi connectivity index (χ2v) is 4.43. The number of rotatable bonds is 5. The quantitative estimate of drug-likeness (QED) is 0.844. The van der Waals surface area contributed by atoms with Gasteiger partial charge >= 0.3 is 0 Å². The van der Waals surface area contributed by atoms with Crippen molar-refractivity contribution in [1.82, 2.24) is 5.32 Å². The molecule has 0 aromatic heterocycles. The minimum Gasteiger partial charge on any atom is -0.310 e. The zero-order valence-electron chi connectivity index (χ0n) is 10.6. The zero-order chi connectivity index (χ0) is 12.8. The predicted molar refractivity (Wildman–Crippen MR) is 73.0 cm³/mol. The SMILES string of the molecule is CC(NCCc1ccccc1)c1ccccc1F. The maximum absolute atomic E-state index is 13.6. The summed E-state index contributed by atoms with van der Waals surface area (Å²) < 4.78 is 13.6. The molecule has 1 atom stereocenters. The lowest BCUT2D eigenvalue weighted by Gasteiger charge is -2.14. The molecule has 2 aromatic carbocycles. The first-order valence-corrected chi connectivity index (χ1v) is 6.29.